The van der Waals surface area contributed by atoms with Gasteiger partial charge in [-0.25, -0.2) is 0 Å². The fourth-order valence-corrected chi connectivity index (χ4v) is 3.39. The summed E-state index contributed by atoms with van der Waals surface area (Å²) >= 11 is 5.96. The van der Waals surface area contributed by atoms with Crippen molar-refractivity contribution in [2.24, 2.45) is 0 Å². The average Bonchev–Trinajstić information content (AvgIpc) is 2.75. The third kappa shape index (κ3) is 2.45. The van der Waals surface area contributed by atoms with Gasteiger partial charge in [-0.1, -0.05) is 49.1 Å². The van der Waals surface area contributed by atoms with Gasteiger partial charge in [-0.05, 0) is 36.1 Å². The van der Waals surface area contributed by atoms with Crippen LogP contribution in [0.2, 0.25) is 5.02 Å². The van der Waals surface area contributed by atoms with E-state index in [4.69, 9.17) is 11.6 Å². The van der Waals surface area contributed by atoms with E-state index in [-0.39, 0.29) is 17.9 Å². The summed E-state index contributed by atoms with van der Waals surface area (Å²) in [6.07, 6.45) is 8.99. The Morgan fingerprint density at radius 2 is 1.67 bits per heavy atom. The van der Waals surface area contributed by atoms with Crippen molar-refractivity contribution < 1.29 is 0 Å². The van der Waals surface area contributed by atoms with Crippen molar-refractivity contribution in [1.29, 1.82) is 0 Å². The summed E-state index contributed by atoms with van der Waals surface area (Å²) in [5, 5.41) is 4.53. The summed E-state index contributed by atoms with van der Waals surface area (Å²) in [5.41, 5.74) is 3.08. The van der Waals surface area contributed by atoms with Gasteiger partial charge in [0.1, 0.15) is 0 Å². The van der Waals surface area contributed by atoms with Crippen molar-refractivity contribution in [3.8, 4) is 0 Å². The number of benzene rings is 1. The molecule has 98 valence electrons. The Morgan fingerprint density at radius 3 is 2.33 bits per heavy atom. The van der Waals surface area contributed by atoms with E-state index in [9.17, 15) is 0 Å². The second-order valence-electron chi connectivity index (χ2n) is 5.15. The van der Waals surface area contributed by atoms with Crippen LogP contribution >= 0.6 is 24.0 Å². The van der Waals surface area contributed by atoms with Gasteiger partial charge in [0.15, 0.2) is 0 Å². The molecule has 0 saturated heterocycles. The molecule has 0 unspecified atom stereocenters. The molecule has 1 aromatic rings. The Balaban J connectivity index is 0.00000120. The summed E-state index contributed by atoms with van der Waals surface area (Å²) in [4.78, 5) is 0. The van der Waals surface area contributed by atoms with Gasteiger partial charge in [0.05, 0.1) is 0 Å². The molecular weight excluding hydrogens is 265 g/mol. The van der Waals surface area contributed by atoms with Crippen molar-refractivity contribution in [3.05, 3.63) is 40.9 Å². The lowest BCUT2D eigenvalue weighted by molar-refractivity contribution is 0.322. The second kappa shape index (κ2) is 5.64. The minimum Gasteiger partial charge on any atom is -0.304 e. The number of hydrogen-bond acceptors (Lipinski definition) is 1. The molecule has 18 heavy (non-hydrogen) atoms. The van der Waals surface area contributed by atoms with Crippen molar-refractivity contribution in [2.75, 3.05) is 6.54 Å². The first-order chi connectivity index (χ1) is 8.30. The van der Waals surface area contributed by atoms with Crippen LogP contribution in [0.4, 0.5) is 0 Å². The van der Waals surface area contributed by atoms with Crippen molar-refractivity contribution in [2.45, 2.75) is 37.6 Å². The van der Waals surface area contributed by atoms with Crippen LogP contribution in [0.25, 0.3) is 5.57 Å². The molecule has 3 heteroatoms. The monoisotopic (exact) mass is 283 g/mol. The Labute approximate surface area is 120 Å². The maximum absolute atomic E-state index is 5.96. The zero-order valence-corrected chi connectivity index (χ0v) is 12.0. The van der Waals surface area contributed by atoms with Gasteiger partial charge in [-0.3, -0.25) is 0 Å². The van der Waals surface area contributed by atoms with Gasteiger partial charge in [0.2, 0.25) is 0 Å². The van der Waals surface area contributed by atoms with E-state index < -0.39 is 0 Å². The molecule has 1 N–H and O–H groups in total. The van der Waals surface area contributed by atoms with Crippen LogP contribution in [-0.4, -0.2) is 12.1 Å². The molecule has 1 heterocycles. The van der Waals surface area contributed by atoms with Gasteiger partial charge in [0, 0.05) is 17.1 Å². The van der Waals surface area contributed by atoms with Crippen molar-refractivity contribution in [3.63, 3.8) is 0 Å². The molecule has 1 aromatic carbocycles. The van der Waals surface area contributed by atoms with Crippen molar-refractivity contribution in [1.82, 2.24) is 5.32 Å². The van der Waals surface area contributed by atoms with E-state index in [2.05, 4.69) is 23.5 Å². The van der Waals surface area contributed by atoms with Gasteiger partial charge < -0.3 is 5.32 Å². The topological polar surface area (TPSA) is 12.0 Å². The fraction of sp³-hybridized carbons (Fsp3) is 0.467. The van der Waals surface area contributed by atoms with E-state index >= 15 is 0 Å². The SMILES string of the molecule is Cl.Clc1ccc(C2=CCNC23CCCCC3)cc1. The minimum absolute atomic E-state index is 0. The number of rotatable bonds is 1. The van der Waals surface area contributed by atoms with Crippen molar-refractivity contribution >= 4 is 29.6 Å². The zero-order chi connectivity index (χ0) is 11.7. The Morgan fingerprint density at radius 1 is 1.00 bits per heavy atom. The van der Waals surface area contributed by atoms with E-state index in [0.717, 1.165) is 11.6 Å². The lowest BCUT2D eigenvalue weighted by Gasteiger charge is -2.37. The molecule has 3 rings (SSSR count). The molecule has 0 radical (unpaired) electrons. The molecular formula is C15H19Cl2N. The number of hydrogen-bond donors (Lipinski definition) is 1. The Bertz CT molecular complexity index is 430. The molecule has 0 aromatic heterocycles. The van der Waals surface area contributed by atoms with Crippen LogP contribution in [-0.2, 0) is 0 Å². The van der Waals surface area contributed by atoms with E-state index in [0.29, 0.717) is 0 Å². The summed E-state index contributed by atoms with van der Waals surface area (Å²) in [6.45, 7) is 1.01. The normalized spacial score (nSPS) is 21.5. The Kier molecular flexibility index (Phi) is 4.37. The highest BCUT2D eigenvalue weighted by molar-refractivity contribution is 6.30. The summed E-state index contributed by atoms with van der Waals surface area (Å²) in [7, 11) is 0. The lowest BCUT2D eigenvalue weighted by atomic mass is 9.75. The molecule has 1 spiro atoms. The molecule has 1 nitrogen and oxygen atoms in total. The summed E-state index contributed by atoms with van der Waals surface area (Å²) in [6, 6.07) is 8.29. The summed E-state index contributed by atoms with van der Waals surface area (Å²) < 4.78 is 0. The quantitative estimate of drug-likeness (QED) is 0.803. The van der Waals surface area contributed by atoms with Gasteiger partial charge >= 0.3 is 0 Å². The van der Waals surface area contributed by atoms with Gasteiger partial charge in [-0.15, -0.1) is 12.4 Å². The largest absolute Gasteiger partial charge is 0.304 e. The van der Waals surface area contributed by atoms with E-state index in [1.54, 1.807) is 0 Å². The number of nitrogens with one attached hydrogen (secondary N) is 1. The van der Waals surface area contributed by atoms with Crippen LogP contribution in [0.3, 0.4) is 0 Å². The van der Waals surface area contributed by atoms with Gasteiger partial charge in [0.25, 0.3) is 0 Å². The summed E-state index contributed by atoms with van der Waals surface area (Å²) in [5.74, 6) is 0. The van der Waals surface area contributed by atoms with Crippen LogP contribution in [0.15, 0.2) is 30.3 Å². The highest BCUT2D eigenvalue weighted by atomic mass is 35.5. The van der Waals surface area contributed by atoms with Crippen LogP contribution in [0.1, 0.15) is 37.7 Å². The van der Waals surface area contributed by atoms with E-state index in [1.807, 2.05) is 12.1 Å². The standard InChI is InChI=1S/C15H18ClN.ClH/c16-13-6-4-12(5-7-13)14-8-11-17-15(14)9-2-1-3-10-15;/h4-8,17H,1-3,9-11H2;1H. The molecule has 1 aliphatic heterocycles. The lowest BCUT2D eigenvalue weighted by Crippen LogP contribution is -2.43. The number of halogens is 2. The van der Waals surface area contributed by atoms with Gasteiger partial charge in [-0.2, -0.15) is 0 Å². The second-order valence-corrected chi connectivity index (χ2v) is 5.58. The highest BCUT2D eigenvalue weighted by Crippen LogP contribution is 2.41. The predicted octanol–water partition coefficient (Wildman–Crippen LogP) is 4.45. The zero-order valence-electron chi connectivity index (χ0n) is 10.4. The smallest absolute Gasteiger partial charge is 0.0440 e. The third-order valence-electron chi connectivity index (χ3n) is 4.12. The molecule has 1 saturated carbocycles. The van der Waals surface area contributed by atoms with Crippen LogP contribution in [0.5, 0.6) is 0 Å². The average molecular weight is 284 g/mol. The third-order valence-corrected chi connectivity index (χ3v) is 4.38. The maximum atomic E-state index is 5.96. The van der Waals surface area contributed by atoms with Crippen LogP contribution < -0.4 is 5.32 Å². The molecule has 1 aliphatic carbocycles. The molecule has 0 bridgehead atoms. The Hall–Kier alpha value is -0.500. The first-order valence-electron chi connectivity index (χ1n) is 6.52. The molecule has 2 aliphatic rings. The predicted molar refractivity (Wildman–Crippen MR) is 80.5 cm³/mol. The van der Waals surface area contributed by atoms with Crippen LogP contribution in [0, 0.1) is 0 Å². The van der Waals surface area contributed by atoms with E-state index in [1.165, 1.54) is 43.2 Å². The molecule has 1 fully saturated rings. The highest BCUT2D eigenvalue weighted by Gasteiger charge is 2.38. The minimum atomic E-state index is 0. The maximum Gasteiger partial charge on any atom is 0.0440 e. The molecule has 0 atom stereocenters. The molecule has 0 amide bonds. The first-order valence-corrected chi connectivity index (χ1v) is 6.90. The fourth-order valence-electron chi connectivity index (χ4n) is 3.26. The first kappa shape index (κ1) is 13.9.